The van der Waals surface area contributed by atoms with Gasteiger partial charge in [0.2, 0.25) is 0 Å². The molecule has 3 rings (SSSR count). The number of aromatic amines is 1. The molecule has 0 spiro atoms. The molecule has 0 unspecified atom stereocenters. The van der Waals surface area contributed by atoms with E-state index in [4.69, 9.17) is 0 Å². The summed E-state index contributed by atoms with van der Waals surface area (Å²) in [7, 11) is 0. The molecule has 0 atom stereocenters. The monoisotopic (exact) mass is 254 g/mol. The van der Waals surface area contributed by atoms with Crippen molar-refractivity contribution in [3.8, 4) is 11.3 Å². The van der Waals surface area contributed by atoms with Gasteiger partial charge in [0, 0.05) is 11.6 Å². The maximum atomic E-state index is 11.5. The summed E-state index contributed by atoms with van der Waals surface area (Å²) in [4.78, 5) is 11.5. The first-order valence-corrected chi connectivity index (χ1v) is 6.84. The van der Waals surface area contributed by atoms with Crippen LogP contribution in [0.3, 0.4) is 0 Å². The van der Waals surface area contributed by atoms with Crippen LogP contribution < -0.4 is 5.56 Å². The van der Waals surface area contributed by atoms with Gasteiger partial charge in [-0.05, 0) is 67.9 Å². The standard InChI is InChI=1S/C16H18N2O/c1-10-7-12-5-3-4-6-13-9-15(19)17-18-16(13)14(12)8-11(10)2/h7-9H,3-6H2,1-2H3,(H,17,19). The van der Waals surface area contributed by atoms with Crippen LogP contribution in [0.25, 0.3) is 11.3 Å². The van der Waals surface area contributed by atoms with Crippen LogP contribution in [0.4, 0.5) is 0 Å². The van der Waals surface area contributed by atoms with Gasteiger partial charge in [0.05, 0.1) is 5.69 Å². The van der Waals surface area contributed by atoms with Crippen LogP contribution in [0.1, 0.15) is 35.1 Å². The second kappa shape index (κ2) is 4.65. The Morgan fingerprint density at radius 2 is 1.68 bits per heavy atom. The van der Waals surface area contributed by atoms with Gasteiger partial charge < -0.3 is 0 Å². The maximum absolute atomic E-state index is 11.5. The highest BCUT2D eigenvalue weighted by Crippen LogP contribution is 2.31. The van der Waals surface area contributed by atoms with Gasteiger partial charge in [-0.15, -0.1) is 0 Å². The highest BCUT2D eigenvalue weighted by molar-refractivity contribution is 5.68. The van der Waals surface area contributed by atoms with E-state index in [1.165, 1.54) is 28.7 Å². The van der Waals surface area contributed by atoms with E-state index in [0.717, 1.165) is 30.5 Å². The average molecular weight is 254 g/mol. The van der Waals surface area contributed by atoms with Gasteiger partial charge in [-0.2, -0.15) is 5.10 Å². The van der Waals surface area contributed by atoms with Crippen LogP contribution in [-0.2, 0) is 12.8 Å². The molecule has 1 aliphatic rings. The number of hydrogen-bond donors (Lipinski definition) is 1. The van der Waals surface area contributed by atoms with Crippen molar-refractivity contribution in [2.45, 2.75) is 39.5 Å². The second-order valence-corrected chi connectivity index (χ2v) is 5.41. The van der Waals surface area contributed by atoms with Gasteiger partial charge in [-0.1, -0.05) is 6.07 Å². The fourth-order valence-electron chi connectivity index (χ4n) is 2.80. The fourth-order valence-corrected chi connectivity index (χ4v) is 2.80. The summed E-state index contributed by atoms with van der Waals surface area (Å²) in [6.45, 7) is 4.27. The van der Waals surface area contributed by atoms with Crippen LogP contribution in [0, 0.1) is 13.8 Å². The van der Waals surface area contributed by atoms with Crippen LogP contribution in [0.2, 0.25) is 0 Å². The zero-order valence-electron chi connectivity index (χ0n) is 11.4. The number of benzene rings is 1. The van der Waals surface area contributed by atoms with Crippen molar-refractivity contribution >= 4 is 0 Å². The number of H-pyrrole nitrogens is 1. The lowest BCUT2D eigenvalue weighted by Crippen LogP contribution is -2.12. The fraction of sp³-hybridized carbons (Fsp3) is 0.375. The Balaban J connectivity index is 2.28. The van der Waals surface area contributed by atoms with Crippen molar-refractivity contribution < 1.29 is 0 Å². The zero-order chi connectivity index (χ0) is 13.4. The Hall–Kier alpha value is -1.90. The molecule has 0 radical (unpaired) electrons. The van der Waals surface area contributed by atoms with Gasteiger partial charge in [-0.3, -0.25) is 4.79 Å². The minimum atomic E-state index is -0.107. The van der Waals surface area contributed by atoms with Gasteiger partial charge >= 0.3 is 0 Å². The van der Waals surface area contributed by atoms with Crippen LogP contribution in [0.5, 0.6) is 0 Å². The van der Waals surface area contributed by atoms with E-state index in [1.807, 2.05) is 0 Å². The summed E-state index contributed by atoms with van der Waals surface area (Å²) in [6, 6.07) is 6.18. The molecule has 0 amide bonds. The molecule has 0 aliphatic heterocycles. The molecule has 2 aromatic rings. The van der Waals surface area contributed by atoms with Gasteiger partial charge in [0.15, 0.2) is 0 Å². The summed E-state index contributed by atoms with van der Waals surface area (Å²) in [5, 5.41) is 6.87. The minimum absolute atomic E-state index is 0.107. The average Bonchev–Trinajstić information content (AvgIpc) is 2.37. The third kappa shape index (κ3) is 2.21. The van der Waals surface area contributed by atoms with E-state index < -0.39 is 0 Å². The summed E-state index contributed by atoms with van der Waals surface area (Å²) in [6.07, 6.45) is 4.32. The van der Waals surface area contributed by atoms with Crippen LogP contribution in [0.15, 0.2) is 23.0 Å². The number of aromatic nitrogens is 2. The molecule has 1 aliphatic carbocycles. The number of hydrogen-bond acceptors (Lipinski definition) is 2. The molecule has 1 N–H and O–H groups in total. The lowest BCUT2D eigenvalue weighted by Gasteiger charge is -2.17. The van der Waals surface area contributed by atoms with Crippen molar-refractivity contribution in [1.29, 1.82) is 0 Å². The van der Waals surface area contributed by atoms with Crippen LogP contribution >= 0.6 is 0 Å². The Labute approximate surface area is 112 Å². The highest BCUT2D eigenvalue weighted by Gasteiger charge is 2.16. The molecule has 1 aromatic carbocycles. The third-order valence-corrected chi connectivity index (χ3v) is 4.00. The molecule has 0 fully saturated rings. The zero-order valence-corrected chi connectivity index (χ0v) is 11.4. The van der Waals surface area contributed by atoms with E-state index in [2.05, 4.69) is 36.2 Å². The Morgan fingerprint density at radius 1 is 1.00 bits per heavy atom. The smallest absolute Gasteiger partial charge is 0.264 e. The summed E-state index contributed by atoms with van der Waals surface area (Å²) in [5.41, 5.74) is 7.07. The predicted octanol–water partition coefficient (Wildman–Crippen LogP) is 2.93. The van der Waals surface area contributed by atoms with Gasteiger partial charge in [0.1, 0.15) is 0 Å². The topological polar surface area (TPSA) is 45.8 Å². The number of aryl methyl sites for hydroxylation is 4. The summed E-state index contributed by atoms with van der Waals surface area (Å²) in [5.74, 6) is 0. The van der Waals surface area contributed by atoms with Crippen molar-refractivity contribution in [3.05, 3.63) is 50.8 Å². The molecule has 98 valence electrons. The first-order valence-electron chi connectivity index (χ1n) is 6.84. The maximum Gasteiger partial charge on any atom is 0.264 e. The largest absolute Gasteiger partial charge is 0.268 e. The van der Waals surface area contributed by atoms with Crippen molar-refractivity contribution in [2.75, 3.05) is 0 Å². The quantitative estimate of drug-likeness (QED) is 0.785. The predicted molar refractivity (Wildman–Crippen MR) is 76.4 cm³/mol. The number of fused-ring (bicyclic) bond motifs is 3. The molecule has 1 aromatic heterocycles. The number of nitrogens with zero attached hydrogens (tertiary/aromatic N) is 1. The molecule has 1 heterocycles. The minimum Gasteiger partial charge on any atom is -0.268 e. The first-order chi connectivity index (χ1) is 9.15. The lowest BCUT2D eigenvalue weighted by molar-refractivity contribution is 0.721. The van der Waals surface area contributed by atoms with E-state index in [0.29, 0.717) is 0 Å². The normalized spacial score (nSPS) is 14.2. The second-order valence-electron chi connectivity index (χ2n) is 5.41. The van der Waals surface area contributed by atoms with E-state index in [-0.39, 0.29) is 5.56 Å². The molecule has 3 heteroatoms. The van der Waals surface area contributed by atoms with Crippen molar-refractivity contribution in [3.63, 3.8) is 0 Å². The Kier molecular flexibility index (Phi) is 2.97. The molecular formula is C16H18N2O. The molecule has 0 saturated carbocycles. The van der Waals surface area contributed by atoms with Crippen molar-refractivity contribution in [1.82, 2.24) is 10.2 Å². The first kappa shape index (κ1) is 12.2. The molecule has 19 heavy (non-hydrogen) atoms. The van der Waals surface area contributed by atoms with Gasteiger partial charge in [-0.25, -0.2) is 5.10 Å². The third-order valence-electron chi connectivity index (χ3n) is 4.00. The molecular weight excluding hydrogens is 236 g/mol. The summed E-state index contributed by atoms with van der Waals surface area (Å²) < 4.78 is 0. The lowest BCUT2D eigenvalue weighted by atomic mass is 9.89. The van der Waals surface area contributed by atoms with E-state index in [9.17, 15) is 4.79 Å². The highest BCUT2D eigenvalue weighted by atomic mass is 16.1. The SMILES string of the molecule is Cc1cc2c(cc1C)-c1n[nH]c(=O)cc1CCCC2. The van der Waals surface area contributed by atoms with Crippen molar-refractivity contribution in [2.24, 2.45) is 0 Å². The van der Waals surface area contributed by atoms with E-state index in [1.54, 1.807) is 6.07 Å². The Morgan fingerprint density at radius 3 is 2.47 bits per heavy atom. The van der Waals surface area contributed by atoms with Crippen LogP contribution in [-0.4, -0.2) is 10.2 Å². The molecule has 0 saturated heterocycles. The molecule has 3 nitrogen and oxygen atoms in total. The summed E-state index contributed by atoms with van der Waals surface area (Å²) >= 11 is 0. The molecule has 0 bridgehead atoms. The Bertz CT molecular complexity index is 686. The van der Waals surface area contributed by atoms with E-state index >= 15 is 0 Å². The number of rotatable bonds is 0. The van der Waals surface area contributed by atoms with Gasteiger partial charge in [0.25, 0.3) is 5.56 Å². The number of nitrogens with one attached hydrogen (secondary N) is 1.